The van der Waals surface area contributed by atoms with Gasteiger partial charge in [-0.3, -0.25) is 4.68 Å². The number of halogens is 4. The number of nitriles is 1. The monoisotopic (exact) mass is 469 g/mol. The van der Waals surface area contributed by atoms with Gasteiger partial charge in [0.05, 0.1) is 12.2 Å². The van der Waals surface area contributed by atoms with Crippen LogP contribution in [0.1, 0.15) is 56.5 Å². The highest BCUT2D eigenvalue weighted by Crippen LogP contribution is 2.41. The van der Waals surface area contributed by atoms with E-state index in [9.17, 15) is 23.2 Å². The molecule has 0 atom stereocenters. The van der Waals surface area contributed by atoms with Gasteiger partial charge in [0.25, 0.3) is 0 Å². The van der Waals surface area contributed by atoms with Crippen LogP contribution in [-0.2, 0) is 28.1 Å². The molecule has 1 aromatic heterocycles. The number of aromatic nitrogens is 2. The maximum Gasteiger partial charge on any atom is 0.513 e. The minimum atomic E-state index is -4.92. The van der Waals surface area contributed by atoms with Crippen LogP contribution in [0.5, 0.6) is 0 Å². The van der Waals surface area contributed by atoms with Gasteiger partial charge in [0.2, 0.25) is 0 Å². The molecule has 0 aliphatic rings. The summed E-state index contributed by atoms with van der Waals surface area (Å²) in [5, 5.41) is 12.8. The third-order valence-electron chi connectivity index (χ3n) is 5.10. The summed E-state index contributed by atoms with van der Waals surface area (Å²) in [7, 11) is 1.21. The number of hydrogen-bond donors (Lipinski definition) is 0. The lowest BCUT2D eigenvalue weighted by Crippen LogP contribution is -2.15. The predicted octanol–water partition coefficient (Wildman–Crippen LogP) is 6.34. The average molecular weight is 470 g/mol. The van der Waals surface area contributed by atoms with Crippen LogP contribution in [0.3, 0.4) is 0 Å². The molecular formula is C22H23ClF3N3O3. The summed E-state index contributed by atoms with van der Waals surface area (Å²) < 4.78 is 51.6. The minimum absolute atomic E-state index is 0.0816. The van der Waals surface area contributed by atoms with Crippen molar-refractivity contribution in [3.8, 4) is 6.07 Å². The molecule has 0 spiro atoms. The van der Waals surface area contributed by atoms with E-state index in [0.717, 1.165) is 16.7 Å². The smallest absolute Gasteiger partial charge is 0.434 e. The van der Waals surface area contributed by atoms with Gasteiger partial charge >= 0.3 is 12.3 Å². The van der Waals surface area contributed by atoms with Crippen LogP contribution in [0.25, 0.3) is 11.3 Å². The van der Waals surface area contributed by atoms with E-state index in [0.29, 0.717) is 0 Å². The van der Waals surface area contributed by atoms with Gasteiger partial charge in [0.15, 0.2) is 11.5 Å². The van der Waals surface area contributed by atoms with Crippen LogP contribution < -0.4 is 0 Å². The molecule has 1 aromatic carbocycles. The summed E-state index contributed by atoms with van der Waals surface area (Å²) in [6, 6.07) is 8.54. The van der Waals surface area contributed by atoms with E-state index in [-0.39, 0.29) is 23.2 Å². The fourth-order valence-corrected chi connectivity index (χ4v) is 3.11. The number of carbonyl (C=O) groups excluding carboxylic acids is 1. The molecule has 0 saturated carbocycles. The zero-order chi connectivity index (χ0) is 24.3. The first-order chi connectivity index (χ1) is 14.9. The topological polar surface area (TPSA) is 77.1 Å². The molecule has 10 heteroatoms. The molecule has 0 bridgehead atoms. The highest BCUT2D eigenvalue weighted by atomic mass is 35.5. The van der Waals surface area contributed by atoms with E-state index in [1.807, 2.05) is 26.8 Å². The van der Waals surface area contributed by atoms with Crippen molar-refractivity contribution in [3.05, 3.63) is 51.8 Å². The molecule has 0 fully saturated rings. The summed E-state index contributed by atoms with van der Waals surface area (Å²) in [6.07, 6.45) is -5.34. The van der Waals surface area contributed by atoms with Crippen molar-refractivity contribution in [1.29, 1.82) is 5.26 Å². The number of hydrogen-bond acceptors (Lipinski definition) is 5. The Kier molecular flexibility index (Phi) is 7.62. The number of alkyl halides is 3. The predicted molar refractivity (Wildman–Crippen MR) is 114 cm³/mol. The van der Waals surface area contributed by atoms with Crippen molar-refractivity contribution in [2.75, 3.05) is 6.61 Å². The van der Waals surface area contributed by atoms with Crippen LogP contribution in [0, 0.1) is 11.3 Å². The third kappa shape index (κ3) is 5.25. The Labute approximate surface area is 189 Å². The molecule has 172 valence electrons. The Hall–Kier alpha value is -2.99. The lowest BCUT2D eigenvalue weighted by Gasteiger charge is -2.23. The molecule has 0 aliphatic carbocycles. The van der Waals surface area contributed by atoms with Gasteiger partial charge in [-0.2, -0.15) is 23.5 Å². The van der Waals surface area contributed by atoms with Crippen molar-refractivity contribution in [2.24, 2.45) is 7.05 Å². The van der Waals surface area contributed by atoms with Crippen LogP contribution in [-0.4, -0.2) is 22.5 Å². The number of benzene rings is 1. The zero-order valence-electron chi connectivity index (χ0n) is 18.3. The Morgan fingerprint density at radius 3 is 2.28 bits per heavy atom. The number of carbonyl (C=O) groups is 1. The maximum absolute atomic E-state index is 13.7. The highest BCUT2D eigenvalue weighted by molar-refractivity contribution is 6.31. The van der Waals surface area contributed by atoms with Crippen LogP contribution in [0.2, 0.25) is 5.15 Å². The molecule has 6 nitrogen and oxygen atoms in total. The van der Waals surface area contributed by atoms with Gasteiger partial charge in [-0.05, 0) is 29.9 Å². The highest BCUT2D eigenvalue weighted by Gasteiger charge is 2.41. The van der Waals surface area contributed by atoms with E-state index >= 15 is 0 Å². The standard InChI is InChI=1S/C22H23ClF3N3O3/c1-6-21(3,4)14-10-8-13(9-11-14)15(12-27)17(32-20(30)31-7-2)16-18(22(24,25)26)28-29(5)19(16)23/h8-11H,6-7H2,1-5H3. The summed E-state index contributed by atoms with van der Waals surface area (Å²) >= 11 is 6.09. The molecule has 0 N–H and O–H groups in total. The molecule has 0 radical (unpaired) electrons. The van der Waals surface area contributed by atoms with E-state index in [4.69, 9.17) is 21.1 Å². The van der Waals surface area contributed by atoms with E-state index in [1.165, 1.54) is 14.0 Å². The molecule has 1 heterocycles. The normalized spacial score (nSPS) is 12.8. The molecule has 0 unspecified atom stereocenters. The summed E-state index contributed by atoms with van der Waals surface area (Å²) in [4.78, 5) is 12.0. The molecule has 0 saturated heterocycles. The first-order valence-corrected chi connectivity index (χ1v) is 10.1. The maximum atomic E-state index is 13.7. The van der Waals surface area contributed by atoms with Crippen molar-refractivity contribution in [1.82, 2.24) is 9.78 Å². The Bertz CT molecular complexity index is 1070. The Balaban J connectivity index is 2.79. The molecular weight excluding hydrogens is 447 g/mol. The van der Waals surface area contributed by atoms with Gasteiger partial charge in [-0.15, -0.1) is 0 Å². The van der Waals surface area contributed by atoms with E-state index < -0.39 is 34.5 Å². The zero-order valence-corrected chi connectivity index (χ0v) is 19.1. The van der Waals surface area contributed by atoms with Gasteiger partial charge in [0.1, 0.15) is 16.8 Å². The van der Waals surface area contributed by atoms with E-state index in [2.05, 4.69) is 5.10 Å². The fourth-order valence-electron chi connectivity index (χ4n) is 2.90. The van der Waals surface area contributed by atoms with Crippen molar-refractivity contribution >= 4 is 29.1 Å². The molecule has 0 aliphatic heterocycles. The lowest BCUT2D eigenvalue weighted by molar-refractivity contribution is -0.141. The van der Waals surface area contributed by atoms with Crippen LogP contribution in [0.15, 0.2) is 24.3 Å². The first-order valence-electron chi connectivity index (χ1n) is 9.77. The Morgan fingerprint density at radius 2 is 1.81 bits per heavy atom. The summed E-state index contributed by atoms with van der Waals surface area (Å²) in [5.41, 5.74) is -1.35. The van der Waals surface area contributed by atoms with Crippen LogP contribution >= 0.6 is 11.6 Å². The average Bonchev–Trinajstić information content (AvgIpc) is 3.03. The third-order valence-corrected chi connectivity index (χ3v) is 5.53. The minimum Gasteiger partial charge on any atom is -0.434 e. The number of nitrogens with zero attached hydrogens (tertiary/aromatic N) is 3. The second-order valence-corrected chi connectivity index (χ2v) is 7.91. The van der Waals surface area contributed by atoms with Gasteiger partial charge in [0, 0.05) is 7.05 Å². The fraction of sp³-hybridized carbons (Fsp3) is 0.409. The molecule has 2 aromatic rings. The van der Waals surface area contributed by atoms with Gasteiger partial charge in [-0.25, -0.2) is 4.79 Å². The van der Waals surface area contributed by atoms with Gasteiger partial charge < -0.3 is 9.47 Å². The largest absolute Gasteiger partial charge is 0.513 e. The van der Waals surface area contributed by atoms with Crippen molar-refractivity contribution in [3.63, 3.8) is 0 Å². The lowest BCUT2D eigenvalue weighted by atomic mass is 9.82. The van der Waals surface area contributed by atoms with Gasteiger partial charge in [-0.1, -0.05) is 56.6 Å². The SMILES string of the molecule is CCOC(=O)OC(=C(C#N)c1ccc(C(C)(C)CC)cc1)c1c(C(F)(F)F)nn(C)c1Cl. The number of allylic oxidation sites excluding steroid dienone is 1. The molecule has 0 amide bonds. The second kappa shape index (κ2) is 9.65. The van der Waals surface area contributed by atoms with Crippen molar-refractivity contribution < 1.29 is 27.4 Å². The summed E-state index contributed by atoms with van der Waals surface area (Å²) in [5.74, 6) is -0.682. The van der Waals surface area contributed by atoms with E-state index in [1.54, 1.807) is 24.3 Å². The van der Waals surface area contributed by atoms with Crippen LogP contribution in [0.4, 0.5) is 18.0 Å². The number of rotatable bonds is 6. The number of ether oxygens (including phenoxy) is 2. The molecule has 32 heavy (non-hydrogen) atoms. The number of aryl methyl sites for hydroxylation is 1. The van der Waals surface area contributed by atoms with Crippen molar-refractivity contribution in [2.45, 2.75) is 45.7 Å². The molecule has 2 rings (SSSR count). The summed E-state index contributed by atoms with van der Waals surface area (Å²) in [6.45, 7) is 7.54. The quantitative estimate of drug-likeness (QED) is 0.280. The second-order valence-electron chi connectivity index (χ2n) is 7.55. The Morgan fingerprint density at radius 1 is 1.22 bits per heavy atom. The first kappa shape index (κ1) is 25.3.